The Morgan fingerprint density at radius 2 is 2.31 bits per heavy atom. The van der Waals surface area contributed by atoms with Crippen molar-refractivity contribution >= 4 is 10.9 Å². The van der Waals surface area contributed by atoms with Gasteiger partial charge in [-0.15, -0.1) is 0 Å². The molecular formula is C10H7FN2. The largest absolute Gasteiger partial charge is 0.361 e. The molecule has 2 rings (SSSR count). The third-order valence-corrected chi connectivity index (χ3v) is 1.98. The summed E-state index contributed by atoms with van der Waals surface area (Å²) in [7, 11) is 0. The van der Waals surface area contributed by atoms with Crippen LogP contribution in [0.15, 0.2) is 24.4 Å². The van der Waals surface area contributed by atoms with Crippen LogP contribution in [0.25, 0.3) is 10.9 Å². The molecule has 0 fully saturated rings. The fraction of sp³-hybridized carbons (Fsp3) is 0.100. The molecule has 0 amide bonds. The van der Waals surface area contributed by atoms with Gasteiger partial charge in [0.2, 0.25) is 0 Å². The SMILES string of the molecule is N#CCc1cc(F)cc2cc[nH]c12. The number of fused-ring (bicyclic) bond motifs is 1. The maximum atomic E-state index is 13.0. The molecule has 1 aromatic heterocycles. The van der Waals surface area contributed by atoms with Crippen molar-refractivity contribution in [2.45, 2.75) is 6.42 Å². The standard InChI is InChI=1S/C10H7FN2/c11-9-5-7(1-3-12)10-8(6-9)2-4-13-10/h2,4-6,13H,1H2. The van der Waals surface area contributed by atoms with E-state index >= 15 is 0 Å². The summed E-state index contributed by atoms with van der Waals surface area (Å²) in [5, 5.41) is 9.33. The number of nitriles is 1. The lowest BCUT2D eigenvalue weighted by molar-refractivity contribution is 0.628. The van der Waals surface area contributed by atoms with E-state index in [0.29, 0.717) is 5.56 Å². The monoisotopic (exact) mass is 174 g/mol. The predicted molar refractivity (Wildman–Crippen MR) is 47.6 cm³/mol. The Kier molecular flexibility index (Phi) is 1.75. The number of benzene rings is 1. The van der Waals surface area contributed by atoms with Gasteiger partial charge in [0, 0.05) is 17.1 Å². The third-order valence-electron chi connectivity index (χ3n) is 1.98. The number of nitrogens with one attached hydrogen (secondary N) is 1. The Hall–Kier alpha value is -1.82. The van der Waals surface area contributed by atoms with Crippen molar-refractivity contribution in [2.75, 3.05) is 0 Å². The lowest BCUT2D eigenvalue weighted by atomic mass is 10.1. The smallest absolute Gasteiger partial charge is 0.124 e. The van der Waals surface area contributed by atoms with E-state index in [1.165, 1.54) is 12.1 Å². The molecule has 0 atom stereocenters. The molecular weight excluding hydrogens is 167 g/mol. The van der Waals surface area contributed by atoms with E-state index in [1.54, 1.807) is 12.3 Å². The van der Waals surface area contributed by atoms with Crippen LogP contribution >= 0.6 is 0 Å². The van der Waals surface area contributed by atoms with Crippen LogP contribution in [0.4, 0.5) is 4.39 Å². The molecule has 1 heterocycles. The van der Waals surface area contributed by atoms with Crippen molar-refractivity contribution < 1.29 is 4.39 Å². The van der Waals surface area contributed by atoms with E-state index in [0.717, 1.165) is 10.9 Å². The molecule has 0 saturated carbocycles. The Balaban J connectivity index is 2.71. The number of aromatic nitrogens is 1. The van der Waals surface area contributed by atoms with Gasteiger partial charge in [-0.05, 0) is 23.8 Å². The summed E-state index contributed by atoms with van der Waals surface area (Å²) in [5.74, 6) is -0.294. The van der Waals surface area contributed by atoms with E-state index in [9.17, 15) is 4.39 Å². The second kappa shape index (κ2) is 2.91. The highest BCUT2D eigenvalue weighted by Gasteiger charge is 2.03. The molecule has 2 nitrogen and oxygen atoms in total. The van der Waals surface area contributed by atoms with Crippen molar-refractivity contribution in [1.29, 1.82) is 5.26 Å². The number of halogens is 1. The first-order valence-electron chi connectivity index (χ1n) is 3.94. The number of nitrogens with zero attached hydrogens (tertiary/aromatic N) is 1. The molecule has 2 aromatic rings. The number of H-pyrrole nitrogens is 1. The van der Waals surface area contributed by atoms with Gasteiger partial charge in [0.15, 0.2) is 0 Å². The number of rotatable bonds is 1. The van der Waals surface area contributed by atoms with Gasteiger partial charge >= 0.3 is 0 Å². The molecule has 0 aliphatic carbocycles. The zero-order chi connectivity index (χ0) is 9.26. The fourth-order valence-electron chi connectivity index (χ4n) is 1.43. The maximum absolute atomic E-state index is 13.0. The molecule has 0 spiro atoms. The highest BCUT2D eigenvalue weighted by Crippen LogP contribution is 2.19. The Morgan fingerprint density at radius 1 is 1.46 bits per heavy atom. The third kappa shape index (κ3) is 1.27. The summed E-state index contributed by atoms with van der Waals surface area (Å²) in [6.45, 7) is 0. The second-order valence-corrected chi connectivity index (χ2v) is 2.84. The van der Waals surface area contributed by atoms with Crippen molar-refractivity contribution in [1.82, 2.24) is 4.98 Å². The minimum Gasteiger partial charge on any atom is -0.361 e. The van der Waals surface area contributed by atoms with Crippen LogP contribution in [0.5, 0.6) is 0 Å². The summed E-state index contributed by atoms with van der Waals surface area (Å²) >= 11 is 0. The molecule has 0 aliphatic heterocycles. The molecule has 1 aromatic carbocycles. The van der Waals surface area contributed by atoms with Gasteiger partial charge in [0.25, 0.3) is 0 Å². The number of hydrogen-bond donors (Lipinski definition) is 1. The van der Waals surface area contributed by atoms with Crippen LogP contribution in [0, 0.1) is 17.1 Å². The van der Waals surface area contributed by atoms with Crippen molar-refractivity contribution in [2.24, 2.45) is 0 Å². The van der Waals surface area contributed by atoms with Gasteiger partial charge in [-0.25, -0.2) is 4.39 Å². The molecule has 3 heteroatoms. The minimum atomic E-state index is -0.294. The Labute approximate surface area is 74.6 Å². The predicted octanol–water partition coefficient (Wildman–Crippen LogP) is 2.37. The van der Waals surface area contributed by atoms with Crippen molar-refractivity contribution in [3.8, 4) is 6.07 Å². The van der Waals surface area contributed by atoms with Crippen molar-refractivity contribution in [3.63, 3.8) is 0 Å². The molecule has 0 unspecified atom stereocenters. The molecule has 1 N–H and O–H groups in total. The lowest BCUT2D eigenvalue weighted by Gasteiger charge is -1.98. The van der Waals surface area contributed by atoms with E-state index < -0.39 is 0 Å². The molecule has 64 valence electrons. The molecule has 0 aliphatic rings. The topological polar surface area (TPSA) is 39.6 Å². The van der Waals surface area contributed by atoms with Crippen LogP contribution in [0.3, 0.4) is 0 Å². The van der Waals surface area contributed by atoms with E-state index in [-0.39, 0.29) is 12.2 Å². The van der Waals surface area contributed by atoms with E-state index in [2.05, 4.69) is 4.98 Å². The van der Waals surface area contributed by atoms with Gasteiger partial charge in [0.05, 0.1) is 12.5 Å². The van der Waals surface area contributed by atoms with Crippen LogP contribution in [0.2, 0.25) is 0 Å². The highest BCUT2D eigenvalue weighted by atomic mass is 19.1. The molecule has 0 bridgehead atoms. The van der Waals surface area contributed by atoms with Crippen LogP contribution in [-0.2, 0) is 6.42 Å². The van der Waals surface area contributed by atoms with Crippen LogP contribution in [0.1, 0.15) is 5.56 Å². The quantitative estimate of drug-likeness (QED) is 0.708. The van der Waals surface area contributed by atoms with Crippen LogP contribution in [-0.4, -0.2) is 4.98 Å². The van der Waals surface area contributed by atoms with E-state index in [4.69, 9.17) is 5.26 Å². The summed E-state index contributed by atoms with van der Waals surface area (Å²) in [5.41, 5.74) is 1.56. The zero-order valence-corrected chi connectivity index (χ0v) is 6.84. The van der Waals surface area contributed by atoms with Gasteiger partial charge < -0.3 is 4.98 Å². The summed E-state index contributed by atoms with van der Waals surface area (Å²) in [6.07, 6.45) is 1.97. The van der Waals surface area contributed by atoms with Crippen molar-refractivity contribution in [3.05, 3.63) is 35.8 Å². The van der Waals surface area contributed by atoms with Crippen LogP contribution < -0.4 is 0 Å². The average Bonchev–Trinajstić information content (AvgIpc) is 2.52. The molecule has 0 saturated heterocycles. The summed E-state index contributed by atoms with van der Waals surface area (Å²) in [6, 6.07) is 6.64. The number of aromatic amines is 1. The Morgan fingerprint density at radius 3 is 3.08 bits per heavy atom. The van der Waals surface area contributed by atoms with Gasteiger partial charge in [0.1, 0.15) is 5.82 Å². The van der Waals surface area contributed by atoms with Gasteiger partial charge in [-0.1, -0.05) is 0 Å². The number of hydrogen-bond acceptors (Lipinski definition) is 1. The Bertz CT molecular complexity index is 479. The second-order valence-electron chi connectivity index (χ2n) is 2.84. The first-order chi connectivity index (χ1) is 6.31. The maximum Gasteiger partial charge on any atom is 0.124 e. The normalized spacial score (nSPS) is 10.2. The van der Waals surface area contributed by atoms with Gasteiger partial charge in [-0.2, -0.15) is 5.26 Å². The molecule has 13 heavy (non-hydrogen) atoms. The molecule has 0 radical (unpaired) electrons. The van der Waals surface area contributed by atoms with Gasteiger partial charge in [-0.3, -0.25) is 0 Å². The summed E-state index contributed by atoms with van der Waals surface area (Å²) in [4.78, 5) is 2.98. The first kappa shape index (κ1) is 7.81. The fourth-order valence-corrected chi connectivity index (χ4v) is 1.43. The minimum absolute atomic E-state index is 0.231. The lowest BCUT2D eigenvalue weighted by Crippen LogP contribution is -1.86. The van der Waals surface area contributed by atoms with E-state index in [1.807, 2.05) is 6.07 Å². The first-order valence-corrected chi connectivity index (χ1v) is 3.94. The summed E-state index contributed by atoms with van der Waals surface area (Å²) < 4.78 is 13.0. The highest BCUT2D eigenvalue weighted by molar-refractivity contribution is 5.82. The zero-order valence-electron chi connectivity index (χ0n) is 6.84. The average molecular weight is 174 g/mol.